The average Bonchev–Trinajstić information content (AvgIpc) is 3.00. The molecule has 6 nitrogen and oxygen atoms in total. The minimum absolute atomic E-state index is 0.126. The molecule has 1 aromatic carbocycles. The van der Waals surface area contributed by atoms with E-state index in [0.717, 1.165) is 23.3 Å². The van der Waals surface area contributed by atoms with Crippen molar-refractivity contribution in [1.82, 2.24) is 20.3 Å². The number of carbonyl (C=O) groups excluding carboxylic acids is 1. The zero-order valence-electron chi connectivity index (χ0n) is 9.54. The molecule has 0 saturated heterocycles. The second-order valence-electron chi connectivity index (χ2n) is 3.82. The number of nitrogens with one attached hydrogen (secondary N) is 1. The predicted octanol–water partition coefficient (Wildman–Crippen LogP) is 0.650. The van der Waals surface area contributed by atoms with Crippen molar-refractivity contribution in [2.45, 2.75) is 6.54 Å². The number of hydrogen-bond donors (Lipinski definition) is 1. The highest BCUT2D eigenvalue weighted by atomic mass is 32.2. The molecule has 0 spiro atoms. The number of para-hydroxylation sites is 1. The van der Waals surface area contributed by atoms with Gasteiger partial charge in [0.15, 0.2) is 5.17 Å². The van der Waals surface area contributed by atoms with Crippen LogP contribution in [-0.2, 0) is 11.3 Å². The molecule has 0 bridgehead atoms. The van der Waals surface area contributed by atoms with Gasteiger partial charge in [0.2, 0.25) is 5.91 Å². The third-order valence-corrected chi connectivity index (χ3v) is 3.44. The average molecular weight is 261 g/mol. The van der Waals surface area contributed by atoms with Crippen molar-refractivity contribution in [3.8, 4) is 0 Å². The highest BCUT2D eigenvalue weighted by Gasteiger charge is 2.13. The van der Waals surface area contributed by atoms with Crippen molar-refractivity contribution in [2.75, 3.05) is 12.3 Å². The third-order valence-electron chi connectivity index (χ3n) is 2.55. The fourth-order valence-corrected chi connectivity index (χ4v) is 2.48. The van der Waals surface area contributed by atoms with Crippen molar-refractivity contribution in [3.05, 3.63) is 24.3 Å². The largest absolute Gasteiger partial charge is 0.304 e. The van der Waals surface area contributed by atoms with E-state index < -0.39 is 0 Å². The molecule has 0 radical (unpaired) electrons. The second-order valence-corrected chi connectivity index (χ2v) is 4.90. The maximum absolute atomic E-state index is 11.8. The first kappa shape index (κ1) is 11.2. The normalized spacial score (nSPS) is 14.8. The number of aromatic nitrogens is 3. The highest BCUT2D eigenvalue weighted by molar-refractivity contribution is 8.14. The molecule has 0 aliphatic carbocycles. The Bertz CT molecular complexity index is 621. The predicted molar refractivity (Wildman–Crippen MR) is 70.4 cm³/mol. The van der Waals surface area contributed by atoms with E-state index in [-0.39, 0.29) is 12.5 Å². The van der Waals surface area contributed by atoms with E-state index in [1.165, 1.54) is 0 Å². The van der Waals surface area contributed by atoms with Gasteiger partial charge in [0.1, 0.15) is 12.1 Å². The van der Waals surface area contributed by atoms with E-state index in [4.69, 9.17) is 0 Å². The van der Waals surface area contributed by atoms with E-state index >= 15 is 0 Å². The van der Waals surface area contributed by atoms with Gasteiger partial charge in [-0.1, -0.05) is 29.1 Å². The van der Waals surface area contributed by atoms with E-state index in [0.29, 0.717) is 5.17 Å². The molecule has 2 heterocycles. The molecule has 0 fully saturated rings. The Morgan fingerprint density at radius 1 is 1.44 bits per heavy atom. The van der Waals surface area contributed by atoms with Gasteiger partial charge in [-0.15, -0.1) is 5.10 Å². The summed E-state index contributed by atoms with van der Waals surface area (Å²) in [6.07, 6.45) is 0. The number of thioether (sulfide) groups is 1. The summed E-state index contributed by atoms with van der Waals surface area (Å²) in [5, 5.41) is 11.4. The molecule has 2 aromatic rings. The fourth-order valence-electron chi connectivity index (χ4n) is 1.74. The zero-order valence-corrected chi connectivity index (χ0v) is 10.4. The van der Waals surface area contributed by atoms with E-state index in [2.05, 4.69) is 20.6 Å². The minimum atomic E-state index is -0.126. The molecule has 1 aliphatic rings. The Labute approximate surface area is 107 Å². The maximum Gasteiger partial charge on any atom is 0.247 e. The third kappa shape index (κ3) is 2.21. The van der Waals surface area contributed by atoms with Crippen LogP contribution in [0.25, 0.3) is 11.0 Å². The summed E-state index contributed by atoms with van der Waals surface area (Å²) in [5.41, 5.74) is 1.64. The van der Waals surface area contributed by atoms with Crippen LogP contribution in [0.3, 0.4) is 0 Å². The molecule has 3 rings (SSSR count). The monoisotopic (exact) mass is 261 g/mol. The number of aliphatic imine (C=N–C) groups is 1. The summed E-state index contributed by atoms with van der Waals surface area (Å²) in [7, 11) is 0. The van der Waals surface area contributed by atoms with Gasteiger partial charge in [-0.05, 0) is 12.1 Å². The number of rotatable bonds is 2. The number of amidine groups is 1. The smallest absolute Gasteiger partial charge is 0.247 e. The molecule has 0 atom stereocenters. The summed E-state index contributed by atoms with van der Waals surface area (Å²) in [6.45, 7) is 0.923. The number of hydrogen-bond acceptors (Lipinski definition) is 5. The highest BCUT2D eigenvalue weighted by Crippen LogP contribution is 2.10. The van der Waals surface area contributed by atoms with Crippen LogP contribution >= 0.6 is 11.8 Å². The lowest BCUT2D eigenvalue weighted by Gasteiger charge is -2.04. The Balaban J connectivity index is 1.74. The summed E-state index contributed by atoms with van der Waals surface area (Å²) >= 11 is 1.56. The SMILES string of the molecule is O=C(Cn1nnc2ccccc21)NC1=NCCS1. The summed E-state index contributed by atoms with van der Waals surface area (Å²) in [4.78, 5) is 16.0. The van der Waals surface area contributed by atoms with Gasteiger partial charge in [-0.25, -0.2) is 4.68 Å². The van der Waals surface area contributed by atoms with E-state index in [9.17, 15) is 4.79 Å². The van der Waals surface area contributed by atoms with Crippen LogP contribution in [0.1, 0.15) is 0 Å². The van der Waals surface area contributed by atoms with Crippen molar-refractivity contribution in [1.29, 1.82) is 0 Å². The van der Waals surface area contributed by atoms with Crippen LogP contribution in [0.5, 0.6) is 0 Å². The number of benzene rings is 1. The van der Waals surface area contributed by atoms with Crippen LogP contribution in [0.15, 0.2) is 29.3 Å². The Hall–Kier alpha value is -1.89. The van der Waals surface area contributed by atoms with Crippen LogP contribution in [-0.4, -0.2) is 38.4 Å². The van der Waals surface area contributed by atoms with E-state index in [1.54, 1.807) is 16.4 Å². The molecule has 1 amide bonds. The van der Waals surface area contributed by atoms with Crippen molar-refractivity contribution < 1.29 is 4.79 Å². The standard InChI is InChI=1S/C11H11N5OS/c17-10(13-11-12-5-6-18-11)7-16-9-4-2-1-3-8(9)14-15-16/h1-4H,5-7H2,(H,12,13,17). The van der Waals surface area contributed by atoms with Crippen LogP contribution in [0.2, 0.25) is 0 Å². The van der Waals surface area contributed by atoms with Gasteiger partial charge < -0.3 is 5.32 Å². The topological polar surface area (TPSA) is 72.2 Å². The minimum Gasteiger partial charge on any atom is -0.304 e. The molecular weight excluding hydrogens is 250 g/mol. The molecule has 18 heavy (non-hydrogen) atoms. The van der Waals surface area contributed by atoms with E-state index in [1.807, 2.05) is 24.3 Å². The fraction of sp³-hybridized carbons (Fsp3) is 0.273. The second kappa shape index (κ2) is 4.77. The molecule has 0 saturated carbocycles. The lowest BCUT2D eigenvalue weighted by Crippen LogP contribution is -2.31. The number of nitrogens with zero attached hydrogens (tertiary/aromatic N) is 4. The number of carbonyl (C=O) groups is 1. The molecule has 0 unspecified atom stereocenters. The molecule has 92 valence electrons. The van der Waals surface area contributed by atoms with Gasteiger partial charge in [-0.3, -0.25) is 9.79 Å². The first-order chi connectivity index (χ1) is 8.83. The quantitative estimate of drug-likeness (QED) is 0.861. The Morgan fingerprint density at radius 2 is 2.33 bits per heavy atom. The van der Waals surface area contributed by atoms with Gasteiger partial charge >= 0.3 is 0 Å². The van der Waals surface area contributed by atoms with Crippen molar-refractivity contribution >= 4 is 33.9 Å². The molecule has 7 heteroatoms. The number of fused-ring (bicyclic) bond motifs is 1. The van der Waals surface area contributed by atoms with Gasteiger partial charge in [0.25, 0.3) is 0 Å². The maximum atomic E-state index is 11.8. The first-order valence-electron chi connectivity index (χ1n) is 5.58. The molecule has 1 aliphatic heterocycles. The van der Waals surface area contributed by atoms with Crippen molar-refractivity contribution in [2.24, 2.45) is 4.99 Å². The molecular formula is C11H11N5OS. The van der Waals surface area contributed by atoms with Crippen LogP contribution < -0.4 is 5.32 Å². The molecule has 1 aromatic heterocycles. The first-order valence-corrected chi connectivity index (χ1v) is 6.57. The van der Waals surface area contributed by atoms with Crippen molar-refractivity contribution in [3.63, 3.8) is 0 Å². The summed E-state index contributed by atoms with van der Waals surface area (Å²) in [5.74, 6) is 0.806. The van der Waals surface area contributed by atoms with Crippen LogP contribution in [0.4, 0.5) is 0 Å². The summed E-state index contributed by atoms with van der Waals surface area (Å²) in [6, 6.07) is 7.56. The van der Waals surface area contributed by atoms with Gasteiger partial charge in [0, 0.05) is 5.75 Å². The Morgan fingerprint density at radius 3 is 3.17 bits per heavy atom. The Kier molecular flexibility index (Phi) is 2.97. The van der Waals surface area contributed by atoms with Gasteiger partial charge in [0.05, 0.1) is 12.1 Å². The summed E-state index contributed by atoms with van der Waals surface area (Å²) < 4.78 is 1.59. The van der Waals surface area contributed by atoms with Gasteiger partial charge in [-0.2, -0.15) is 0 Å². The zero-order chi connectivity index (χ0) is 12.4. The number of amides is 1. The molecule has 1 N–H and O–H groups in total. The lowest BCUT2D eigenvalue weighted by atomic mass is 10.3. The lowest BCUT2D eigenvalue weighted by molar-refractivity contribution is -0.120. The van der Waals surface area contributed by atoms with Crippen LogP contribution in [0, 0.1) is 0 Å².